The van der Waals surface area contributed by atoms with Crippen LogP contribution in [0.4, 0.5) is 0 Å². The third-order valence-corrected chi connectivity index (χ3v) is 4.14. The molecule has 0 saturated heterocycles. The van der Waals surface area contributed by atoms with Crippen molar-refractivity contribution in [3.8, 4) is 0 Å². The highest BCUT2D eigenvalue weighted by atomic mass is 35.5. The molecule has 0 fully saturated rings. The van der Waals surface area contributed by atoms with Crippen LogP contribution in [0.3, 0.4) is 0 Å². The van der Waals surface area contributed by atoms with Gasteiger partial charge in [0.25, 0.3) is 0 Å². The molecule has 0 spiro atoms. The van der Waals surface area contributed by atoms with Gasteiger partial charge < -0.3 is 9.73 Å². The Bertz CT molecular complexity index is 912. The van der Waals surface area contributed by atoms with Crippen molar-refractivity contribution in [1.82, 2.24) is 9.88 Å². The van der Waals surface area contributed by atoms with Gasteiger partial charge in [0.2, 0.25) is 5.91 Å². The lowest BCUT2D eigenvalue weighted by atomic mass is 10.1. The lowest BCUT2D eigenvalue weighted by Crippen LogP contribution is -2.28. The molecular formula is C18H17ClN2O3. The summed E-state index contributed by atoms with van der Waals surface area (Å²) < 4.78 is 6.63. The maximum absolute atomic E-state index is 12.2. The molecule has 24 heavy (non-hydrogen) atoms. The third kappa shape index (κ3) is 3.51. The first kappa shape index (κ1) is 16.3. The van der Waals surface area contributed by atoms with E-state index in [9.17, 15) is 9.59 Å². The standard InChI is InChI=1S/C18H17ClN2O3/c1-12(13-6-8-14(19)9-7-13)20-17(22)10-11-21-15-4-2-3-5-16(15)24-18(21)23/h2-9,12H,10-11H2,1H3,(H,20,22)/t12-/m1/s1. The van der Waals surface area contributed by atoms with E-state index >= 15 is 0 Å². The Hall–Kier alpha value is -2.53. The van der Waals surface area contributed by atoms with Crippen LogP contribution < -0.4 is 11.1 Å². The molecule has 0 saturated carbocycles. The molecule has 1 aromatic heterocycles. The van der Waals surface area contributed by atoms with Crippen LogP contribution in [0.5, 0.6) is 0 Å². The number of oxazole rings is 1. The molecule has 0 aliphatic carbocycles. The second-order valence-electron chi connectivity index (χ2n) is 5.58. The molecule has 0 aliphatic rings. The highest BCUT2D eigenvalue weighted by molar-refractivity contribution is 6.30. The maximum atomic E-state index is 12.2. The minimum Gasteiger partial charge on any atom is -0.408 e. The topological polar surface area (TPSA) is 64.2 Å². The number of nitrogens with one attached hydrogen (secondary N) is 1. The zero-order valence-electron chi connectivity index (χ0n) is 13.2. The monoisotopic (exact) mass is 344 g/mol. The van der Waals surface area contributed by atoms with Gasteiger partial charge in [-0.3, -0.25) is 9.36 Å². The SMILES string of the molecule is C[C@@H](NC(=O)CCn1c(=O)oc2ccccc21)c1ccc(Cl)cc1. The van der Waals surface area contributed by atoms with E-state index in [4.69, 9.17) is 16.0 Å². The fraction of sp³-hybridized carbons (Fsp3) is 0.222. The van der Waals surface area contributed by atoms with Crippen LogP contribution in [0, 0.1) is 0 Å². The summed E-state index contributed by atoms with van der Waals surface area (Å²) in [7, 11) is 0. The van der Waals surface area contributed by atoms with Crippen LogP contribution >= 0.6 is 11.6 Å². The number of fused-ring (bicyclic) bond motifs is 1. The normalized spacial score (nSPS) is 12.2. The van der Waals surface area contributed by atoms with Crippen LogP contribution in [-0.4, -0.2) is 10.5 Å². The molecule has 1 amide bonds. The van der Waals surface area contributed by atoms with E-state index in [2.05, 4.69) is 5.32 Å². The van der Waals surface area contributed by atoms with Crippen molar-refractivity contribution in [3.05, 3.63) is 69.7 Å². The molecule has 2 aromatic carbocycles. The molecule has 0 radical (unpaired) electrons. The molecule has 0 unspecified atom stereocenters. The number of amides is 1. The summed E-state index contributed by atoms with van der Waals surface area (Å²) >= 11 is 5.86. The van der Waals surface area contributed by atoms with Gasteiger partial charge in [-0.15, -0.1) is 0 Å². The van der Waals surface area contributed by atoms with Crippen molar-refractivity contribution in [1.29, 1.82) is 0 Å². The maximum Gasteiger partial charge on any atom is 0.419 e. The number of hydrogen-bond acceptors (Lipinski definition) is 3. The summed E-state index contributed by atoms with van der Waals surface area (Å²) in [6.07, 6.45) is 0.196. The number of aryl methyl sites for hydroxylation is 1. The lowest BCUT2D eigenvalue weighted by molar-refractivity contribution is -0.121. The Morgan fingerprint density at radius 2 is 1.92 bits per heavy atom. The van der Waals surface area contributed by atoms with E-state index in [1.54, 1.807) is 30.3 Å². The van der Waals surface area contributed by atoms with Gasteiger partial charge in [-0.25, -0.2) is 4.79 Å². The zero-order valence-corrected chi connectivity index (χ0v) is 13.9. The average Bonchev–Trinajstić information content (AvgIpc) is 2.88. The molecule has 1 N–H and O–H groups in total. The largest absolute Gasteiger partial charge is 0.419 e. The molecule has 1 heterocycles. The minimum atomic E-state index is -0.449. The van der Waals surface area contributed by atoms with Crippen molar-refractivity contribution in [2.45, 2.75) is 25.9 Å². The highest BCUT2D eigenvalue weighted by Crippen LogP contribution is 2.16. The van der Waals surface area contributed by atoms with Crippen molar-refractivity contribution >= 4 is 28.6 Å². The number of hydrogen-bond donors (Lipinski definition) is 1. The average molecular weight is 345 g/mol. The molecule has 5 nitrogen and oxygen atoms in total. The van der Waals surface area contributed by atoms with Gasteiger partial charge in [-0.1, -0.05) is 35.9 Å². The third-order valence-electron chi connectivity index (χ3n) is 3.88. The van der Waals surface area contributed by atoms with Gasteiger partial charge in [-0.2, -0.15) is 0 Å². The van der Waals surface area contributed by atoms with Crippen molar-refractivity contribution in [2.75, 3.05) is 0 Å². The molecule has 6 heteroatoms. The predicted molar refractivity (Wildman–Crippen MR) is 93.1 cm³/mol. The molecule has 124 valence electrons. The Balaban J connectivity index is 1.64. The van der Waals surface area contributed by atoms with E-state index < -0.39 is 5.76 Å². The van der Waals surface area contributed by atoms with Crippen LogP contribution in [0.25, 0.3) is 11.1 Å². The molecule has 0 bridgehead atoms. The fourth-order valence-corrected chi connectivity index (χ4v) is 2.71. The highest BCUT2D eigenvalue weighted by Gasteiger charge is 2.12. The van der Waals surface area contributed by atoms with Crippen LogP contribution in [0.15, 0.2) is 57.7 Å². The van der Waals surface area contributed by atoms with Crippen molar-refractivity contribution in [2.24, 2.45) is 0 Å². The second-order valence-corrected chi connectivity index (χ2v) is 6.01. The Morgan fingerprint density at radius 3 is 2.67 bits per heavy atom. The van der Waals surface area contributed by atoms with Gasteiger partial charge >= 0.3 is 5.76 Å². The van der Waals surface area contributed by atoms with Crippen molar-refractivity contribution in [3.63, 3.8) is 0 Å². The van der Waals surface area contributed by atoms with Gasteiger partial charge in [0.15, 0.2) is 5.58 Å². The van der Waals surface area contributed by atoms with Gasteiger partial charge in [0.05, 0.1) is 11.6 Å². The molecule has 3 rings (SSSR count). The molecule has 0 aliphatic heterocycles. The van der Waals surface area contributed by atoms with Gasteiger partial charge in [-0.05, 0) is 36.8 Å². The number of aromatic nitrogens is 1. The summed E-state index contributed by atoms with van der Waals surface area (Å²) in [4.78, 5) is 24.0. The van der Waals surface area contributed by atoms with Crippen LogP contribution in [0.1, 0.15) is 24.9 Å². The predicted octanol–water partition coefficient (Wildman–Crippen LogP) is 3.52. The number of para-hydroxylation sites is 2. The Morgan fingerprint density at radius 1 is 1.21 bits per heavy atom. The van der Waals surface area contributed by atoms with E-state index in [1.807, 2.05) is 25.1 Å². The second kappa shape index (κ2) is 6.93. The first-order chi connectivity index (χ1) is 11.5. The summed E-state index contributed by atoms with van der Waals surface area (Å²) in [5, 5.41) is 3.57. The van der Waals surface area contributed by atoms with Crippen molar-refractivity contribution < 1.29 is 9.21 Å². The lowest BCUT2D eigenvalue weighted by Gasteiger charge is -2.14. The van der Waals surface area contributed by atoms with Crippen LogP contribution in [0.2, 0.25) is 5.02 Å². The van der Waals surface area contributed by atoms with Gasteiger partial charge in [0, 0.05) is 18.0 Å². The number of carbonyl (C=O) groups excluding carboxylic acids is 1. The van der Waals surface area contributed by atoms with E-state index in [-0.39, 0.29) is 24.9 Å². The quantitative estimate of drug-likeness (QED) is 0.770. The van der Waals surface area contributed by atoms with Crippen LogP contribution in [-0.2, 0) is 11.3 Å². The number of halogens is 1. The number of carbonyl (C=O) groups is 1. The van der Waals surface area contributed by atoms with E-state index in [1.165, 1.54) is 4.57 Å². The molecule has 1 atom stereocenters. The Labute approximate surface area is 143 Å². The smallest absolute Gasteiger partial charge is 0.408 e. The summed E-state index contributed by atoms with van der Waals surface area (Å²) in [6.45, 7) is 2.18. The number of benzene rings is 2. The van der Waals surface area contributed by atoms with E-state index in [0.717, 1.165) is 5.56 Å². The molecule has 3 aromatic rings. The summed E-state index contributed by atoms with van der Waals surface area (Å²) in [5.74, 6) is -0.579. The zero-order chi connectivity index (χ0) is 17.1. The van der Waals surface area contributed by atoms with Gasteiger partial charge in [0.1, 0.15) is 0 Å². The first-order valence-electron chi connectivity index (χ1n) is 7.68. The molecular weight excluding hydrogens is 328 g/mol. The first-order valence-corrected chi connectivity index (χ1v) is 8.05. The minimum absolute atomic E-state index is 0.130. The Kier molecular flexibility index (Phi) is 4.71. The summed E-state index contributed by atoms with van der Waals surface area (Å²) in [6, 6.07) is 14.4. The van der Waals surface area contributed by atoms with E-state index in [0.29, 0.717) is 16.1 Å². The number of rotatable bonds is 5. The summed E-state index contributed by atoms with van der Waals surface area (Å²) in [5.41, 5.74) is 2.19. The number of nitrogens with zero attached hydrogens (tertiary/aromatic N) is 1. The fourth-order valence-electron chi connectivity index (χ4n) is 2.59.